The predicted octanol–water partition coefficient (Wildman–Crippen LogP) is 3.41. The third-order valence-corrected chi connectivity index (χ3v) is 4.33. The Bertz CT molecular complexity index is 723. The molecule has 0 fully saturated rings. The first kappa shape index (κ1) is 15.8. The fraction of sp³-hybridized carbons (Fsp3) is 0.176. The van der Waals surface area contributed by atoms with Crippen molar-refractivity contribution in [3.63, 3.8) is 0 Å². The van der Waals surface area contributed by atoms with Crippen molar-refractivity contribution in [2.24, 2.45) is 0 Å². The van der Waals surface area contributed by atoms with E-state index in [1.165, 1.54) is 18.2 Å². The number of nitriles is 1. The summed E-state index contributed by atoms with van der Waals surface area (Å²) in [4.78, 5) is 13.3. The Hall–Kier alpha value is -2.58. The molecule has 2 rings (SSSR count). The van der Waals surface area contributed by atoms with Crippen LogP contribution in [-0.4, -0.2) is 11.0 Å². The SMILES string of the molecule is CC(C)(NC(=O)/C(C#N)=C/c1ccc(O)cc1)c1cccs1. The third kappa shape index (κ3) is 3.74. The minimum absolute atomic E-state index is 0.0234. The number of thiophene rings is 1. The van der Waals surface area contributed by atoms with Crippen LogP contribution in [0.2, 0.25) is 0 Å². The summed E-state index contributed by atoms with van der Waals surface area (Å²) in [6, 6.07) is 12.1. The number of nitrogens with one attached hydrogen (secondary N) is 1. The van der Waals surface area contributed by atoms with Gasteiger partial charge in [0.25, 0.3) is 5.91 Å². The number of rotatable bonds is 4. The van der Waals surface area contributed by atoms with Gasteiger partial charge in [-0.05, 0) is 49.1 Å². The lowest BCUT2D eigenvalue weighted by Gasteiger charge is -2.24. The zero-order valence-electron chi connectivity index (χ0n) is 12.3. The van der Waals surface area contributed by atoms with Crippen LogP contribution in [-0.2, 0) is 10.3 Å². The van der Waals surface area contributed by atoms with Crippen LogP contribution in [0.5, 0.6) is 5.75 Å². The molecule has 5 heteroatoms. The molecule has 4 nitrogen and oxygen atoms in total. The number of hydrogen-bond donors (Lipinski definition) is 2. The van der Waals surface area contributed by atoms with Crippen LogP contribution >= 0.6 is 11.3 Å². The average molecular weight is 312 g/mol. The maximum absolute atomic E-state index is 12.3. The van der Waals surface area contributed by atoms with Gasteiger partial charge >= 0.3 is 0 Å². The van der Waals surface area contributed by atoms with E-state index in [4.69, 9.17) is 0 Å². The molecule has 0 radical (unpaired) electrons. The van der Waals surface area contributed by atoms with Crippen LogP contribution in [0.3, 0.4) is 0 Å². The van der Waals surface area contributed by atoms with E-state index in [1.807, 2.05) is 37.4 Å². The highest BCUT2D eigenvalue weighted by molar-refractivity contribution is 7.10. The monoisotopic (exact) mass is 312 g/mol. The summed E-state index contributed by atoms with van der Waals surface area (Å²) in [5.74, 6) is -0.284. The fourth-order valence-electron chi connectivity index (χ4n) is 1.93. The van der Waals surface area contributed by atoms with Crippen LogP contribution in [0.4, 0.5) is 0 Å². The van der Waals surface area contributed by atoms with Gasteiger partial charge < -0.3 is 10.4 Å². The Kier molecular flexibility index (Phi) is 4.64. The average Bonchev–Trinajstić information content (AvgIpc) is 3.01. The maximum atomic E-state index is 12.3. The number of carbonyl (C=O) groups is 1. The summed E-state index contributed by atoms with van der Waals surface area (Å²) in [7, 11) is 0. The van der Waals surface area contributed by atoms with Crippen molar-refractivity contribution in [2.45, 2.75) is 19.4 Å². The molecule has 2 aromatic rings. The van der Waals surface area contributed by atoms with Gasteiger partial charge in [0.2, 0.25) is 0 Å². The lowest BCUT2D eigenvalue weighted by Crippen LogP contribution is -2.40. The molecule has 2 N–H and O–H groups in total. The van der Waals surface area contributed by atoms with Gasteiger partial charge in [-0.25, -0.2) is 0 Å². The molecular formula is C17H16N2O2S. The summed E-state index contributed by atoms with van der Waals surface area (Å²) in [6.07, 6.45) is 1.50. The van der Waals surface area contributed by atoms with E-state index in [0.717, 1.165) is 4.88 Å². The number of amides is 1. The molecule has 0 aliphatic heterocycles. The summed E-state index contributed by atoms with van der Waals surface area (Å²) in [5, 5.41) is 23.3. The second-order valence-corrected chi connectivity index (χ2v) is 6.27. The minimum atomic E-state index is -0.545. The Morgan fingerprint density at radius 2 is 2.00 bits per heavy atom. The highest BCUT2D eigenvalue weighted by Gasteiger charge is 2.25. The van der Waals surface area contributed by atoms with Crippen molar-refractivity contribution >= 4 is 23.3 Å². The number of aromatic hydroxyl groups is 1. The Morgan fingerprint density at radius 3 is 2.55 bits per heavy atom. The molecule has 0 aliphatic carbocycles. The standard InChI is InChI=1S/C17H16N2O2S/c1-17(2,15-4-3-9-22-15)19-16(21)13(11-18)10-12-5-7-14(20)8-6-12/h3-10,20H,1-2H3,(H,19,21)/b13-10+. The molecule has 1 aromatic carbocycles. The quantitative estimate of drug-likeness (QED) is 0.671. The van der Waals surface area contributed by atoms with Gasteiger partial charge in [-0.3, -0.25) is 4.79 Å². The maximum Gasteiger partial charge on any atom is 0.262 e. The number of phenols is 1. The lowest BCUT2D eigenvalue weighted by atomic mass is 10.0. The fourth-order valence-corrected chi connectivity index (χ4v) is 2.74. The van der Waals surface area contributed by atoms with E-state index >= 15 is 0 Å². The number of hydrogen-bond acceptors (Lipinski definition) is 4. The largest absolute Gasteiger partial charge is 0.508 e. The van der Waals surface area contributed by atoms with Crippen LogP contribution < -0.4 is 5.32 Å². The van der Waals surface area contributed by atoms with Crippen molar-refractivity contribution in [1.82, 2.24) is 5.32 Å². The van der Waals surface area contributed by atoms with Gasteiger partial charge in [-0.2, -0.15) is 5.26 Å². The Balaban J connectivity index is 2.19. The number of phenolic OH excluding ortho intramolecular Hbond substituents is 1. The van der Waals surface area contributed by atoms with Crippen molar-refractivity contribution < 1.29 is 9.90 Å². The zero-order valence-corrected chi connectivity index (χ0v) is 13.1. The van der Waals surface area contributed by atoms with Gasteiger partial charge in [-0.15, -0.1) is 11.3 Å². The zero-order chi connectivity index (χ0) is 16.2. The topological polar surface area (TPSA) is 73.1 Å². The molecule has 0 saturated heterocycles. The van der Waals surface area contributed by atoms with Gasteiger partial charge in [0, 0.05) is 4.88 Å². The number of nitrogens with zero attached hydrogens (tertiary/aromatic N) is 1. The second-order valence-electron chi connectivity index (χ2n) is 5.32. The molecule has 0 atom stereocenters. The number of benzene rings is 1. The number of carbonyl (C=O) groups excluding carboxylic acids is 1. The van der Waals surface area contributed by atoms with E-state index in [0.29, 0.717) is 5.56 Å². The molecular weight excluding hydrogens is 296 g/mol. The molecule has 1 aromatic heterocycles. The van der Waals surface area contributed by atoms with Crippen molar-refractivity contribution in [1.29, 1.82) is 5.26 Å². The predicted molar refractivity (Wildman–Crippen MR) is 87.2 cm³/mol. The highest BCUT2D eigenvalue weighted by atomic mass is 32.1. The van der Waals surface area contributed by atoms with Crippen molar-refractivity contribution in [3.05, 3.63) is 57.8 Å². The summed E-state index contributed by atoms with van der Waals surface area (Å²) < 4.78 is 0. The molecule has 1 amide bonds. The lowest BCUT2D eigenvalue weighted by molar-refractivity contribution is -0.118. The Morgan fingerprint density at radius 1 is 1.32 bits per heavy atom. The smallest absolute Gasteiger partial charge is 0.262 e. The second kappa shape index (κ2) is 6.46. The van der Waals surface area contributed by atoms with Gasteiger partial charge in [0.05, 0.1) is 5.54 Å². The summed E-state index contributed by atoms with van der Waals surface area (Å²) >= 11 is 1.55. The summed E-state index contributed by atoms with van der Waals surface area (Å²) in [6.45, 7) is 3.79. The van der Waals surface area contributed by atoms with Gasteiger partial charge in [-0.1, -0.05) is 18.2 Å². The molecule has 0 aliphatic rings. The van der Waals surface area contributed by atoms with E-state index < -0.39 is 11.4 Å². The van der Waals surface area contributed by atoms with E-state index in [1.54, 1.807) is 23.5 Å². The van der Waals surface area contributed by atoms with E-state index in [2.05, 4.69) is 5.32 Å². The normalized spacial score (nSPS) is 11.8. The molecule has 22 heavy (non-hydrogen) atoms. The van der Waals surface area contributed by atoms with Crippen LogP contribution in [0.25, 0.3) is 6.08 Å². The van der Waals surface area contributed by atoms with E-state index in [-0.39, 0.29) is 11.3 Å². The molecule has 0 spiro atoms. The molecule has 0 unspecified atom stereocenters. The molecule has 0 saturated carbocycles. The van der Waals surface area contributed by atoms with Gasteiger partial charge in [0.15, 0.2) is 0 Å². The first-order valence-corrected chi connectivity index (χ1v) is 7.57. The van der Waals surface area contributed by atoms with Crippen molar-refractivity contribution in [2.75, 3.05) is 0 Å². The molecule has 112 valence electrons. The minimum Gasteiger partial charge on any atom is -0.508 e. The highest BCUT2D eigenvalue weighted by Crippen LogP contribution is 2.25. The van der Waals surface area contributed by atoms with Crippen molar-refractivity contribution in [3.8, 4) is 11.8 Å². The van der Waals surface area contributed by atoms with E-state index in [9.17, 15) is 15.2 Å². The van der Waals surface area contributed by atoms with Crippen LogP contribution in [0.15, 0.2) is 47.4 Å². The molecule has 1 heterocycles. The van der Waals surface area contributed by atoms with Crippen LogP contribution in [0.1, 0.15) is 24.3 Å². The molecule has 0 bridgehead atoms. The summed E-state index contributed by atoms with van der Waals surface area (Å²) in [5.41, 5.74) is 0.157. The first-order chi connectivity index (χ1) is 10.4. The van der Waals surface area contributed by atoms with Gasteiger partial charge in [0.1, 0.15) is 17.4 Å². The third-order valence-electron chi connectivity index (χ3n) is 3.13. The Labute approximate surface area is 133 Å². The van der Waals surface area contributed by atoms with Crippen LogP contribution in [0, 0.1) is 11.3 Å². The first-order valence-electron chi connectivity index (χ1n) is 6.70.